The van der Waals surface area contributed by atoms with Gasteiger partial charge in [0.25, 0.3) is 0 Å². The fraction of sp³-hybridized carbons (Fsp3) is 0.350. The highest BCUT2D eigenvalue weighted by Gasteiger charge is 2.27. The van der Waals surface area contributed by atoms with Crippen LogP contribution >= 0.6 is 0 Å². The molecule has 1 aliphatic heterocycles. The minimum Gasteiger partial charge on any atom is -0.356 e. The number of halogens is 1. The Morgan fingerprint density at radius 2 is 1.85 bits per heavy atom. The van der Waals surface area contributed by atoms with Gasteiger partial charge in [-0.1, -0.05) is 24.3 Å². The number of nitrogens with zero attached hydrogens (tertiary/aromatic N) is 2. The number of aromatic nitrogens is 1. The maximum atomic E-state index is 13.6. The van der Waals surface area contributed by atoms with Gasteiger partial charge >= 0.3 is 6.03 Å². The Bertz CT molecular complexity index is 777. The summed E-state index contributed by atoms with van der Waals surface area (Å²) in [5.74, 6) is 0.107. The van der Waals surface area contributed by atoms with Gasteiger partial charge in [-0.15, -0.1) is 0 Å². The zero-order valence-electron chi connectivity index (χ0n) is 15.0. The standard InChI is InChI=1S/C20H23FN4O2/c21-17-6-2-1-5-15(17)8-12-23-19(26)16-9-13-25(14-10-16)20(27)24-18-7-3-4-11-22-18/h1-7,11,16H,8-10,12-14H2,(H,23,26)(H,22,24,27). The van der Waals surface area contributed by atoms with Crippen molar-refractivity contribution < 1.29 is 14.0 Å². The van der Waals surface area contributed by atoms with E-state index in [0.717, 1.165) is 0 Å². The zero-order chi connectivity index (χ0) is 19.1. The second-order valence-electron chi connectivity index (χ2n) is 6.54. The van der Waals surface area contributed by atoms with Gasteiger partial charge in [0.15, 0.2) is 0 Å². The number of piperidine rings is 1. The van der Waals surface area contributed by atoms with Crippen molar-refractivity contribution in [2.75, 3.05) is 25.0 Å². The van der Waals surface area contributed by atoms with Gasteiger partial charge in [0.1, 0.15) is 11.6 Å². The normalized spacial score (nSPS) is 14.6. The summed E-state index contributed by atoms with van der Waals surface area (Å²) >= 11 is 0. The fourth-order valence-corrected chi connectivity index (χ4v) is 3.14. The van der Waals surface area contributed by atoms with E-state index in [0.29, 0.717) is 50.3 Å². The third kappa shape index (κ3) is 5.26. The van der Waals surface area contributed by atoms with Gasteiger partial charge in [-0.2, -0.15) is 0 Å². The molecule has 0 atom stereocenters. The second-order valence-corrected chi connectivity index (χ2v) is 6.54. The van der Waals surface area contributed by atoms with E-state index in [2.05, 4.69) is 15.6 Å². The zero-order valence-corrected chi connectivity index (χ0v) is 15.0. The third-order valence-electron chi connectivity index (χ3n) is 4.70. The van der Waals surface area contributed by atoms with Crippen LogP contribution in [-0.4, -0.2) is 41.5 Å². The fourth-order valence-electron chi connectivity index (χ4n) is 3.14. The number of carbonyl (C=O) groups is 2. The minimum absolute atomic E-state index is 0.0314. The van der Waals surface area contributed by atoms with Crippen molar-refractivity contribution in [3.63, 3.8) is 0 Å². The molecule has 3 amide bonds. The molecule has 142 valence electrons. The van der Waals surface area contributed by atoms with Crippen molar-refractivity contribution in [1.82, 2.24) is 15.2 Å². The molecule has 2 N–H and O–H groups in total. The highest BCUT2D eigenvalue weighted by Crippen LogP contribution is 2.18. The Morgan fingerprint density at radius 3 is 2.56 bits per heavy atom. The van der Waals surface area contributed by atoms with Gasteiger partial charge in [-0.05, 0) is 43.0 Å². The summed E-state index contributed by atoms with van der Waals surface area (Å²) in [6.45, 7) is 1.44. The number of carbonyl (C=O) groups excluding carboxylic acids is 2. The van der Waals surface area contributed by atoms with Gasteiger partial charge < -0.3 is 10.2 Å². The van der Waals surface area contributed by atoms with Crippen molar-refractivity contribution in [2.45, 2.75) is 19.3 Å². The van der Waals surface area contributed by atoms with Crippen LogP contribution < -0.4 is 10.6 Å². The maximum Gasteiger partial charge on any atom is 0.323 e. The molecule has 1 saturated heterocycles. The Balaban J connectivity index is 1.40. The molecule has 1 aliphatic rings. The van der Waals surface area contributed by atoms with E-state index in [1.807, 2.05) is 0 Å². The predicted octanol–water partition coefficient (Wildman–Crippen LogP) is 2.82. The molecule has 1 aromatic carbocycles. The van der Waals surface area contributed by atoms with Crippen LogP contribution in [-0.2, 0) is 11.2 Å². The molecule has 0 radical (unpaired) electrons. The van der Waals surface area contributed by atoms with Gasteiger partial charge in [0.05, 0.1) is 0 Å². The molecule has 0 saturated carbocycles. The van der Waals surface area contributed by atoms with Crippen LogP contribution in [0.3, 0.4) is 0 Å². The number of rotatable bonds is 5. The number of urea groups is 1. The maximum absolute atomic E-state index is 13.6. The molecule has 1 aromatic heterocycles. The van der Waals surface area contributed by atoms with Crippen LogP contribution in [0.15, 0.2) is 48.7 Å². The topological polar surface area (TPSA) is 74.3 Å². The number of hydrogen-bond acceptors (Lipinski definition) is 3. The molecule has 2 heterocycles. The van der Waals surface area contributed by atoms with Crippen molar-refractivity contribution in [1.29, 1.82) is 0 Å². The average Bonchev–Trinajstić information content (AvgIpc) is 2.70. The molecular formula is C20H23FN4O2. The molecule has 1 fully saturated rings. The Kier molecular flexibility index (Phi) is 6.35. The lowest BCUT2D eigenvalue weighted by molar-refractivity contribution is -0.126. The minimum atomic E-state index is -0.251. The van der Waals surface area contributed by atoms with Crippen molar-refractivity contribution in [2.24, 2.45) is 5.92 Å². The number of hydrogen-bond donors (Lipinski definition) is 2. The molecule has 0 bridgehead atoms. The lowest BCUT2D eigenvalue weighted by Crippen LogP contribution is -2.44. The average molecular weight is 370 g/mol. The molecule has 3 rings (SSSR count). The van der Waals surface area contributed by atoms with Crippen LogP contribution in [0, 0.1) is 11.7 Å². The number of benzene rings is 1. The molecule has 27 heavy (non-hydrogen) atoms. The smallest absolute Gasteiger partial charge is 0.323 e. The lowest BCUT2D eigenvalue weighted by Gasteiger charge is -2.31. The quantitative estimate of drug-likeness (QED) is 0.850. The molecule has 0 spiro atoms. The number of amides is 3. The van der Waals surface area contributed by atoms with E-state index in [4.69, 9.17) is 0 Å². The molecule has 0 aliphatic carbocycles. The van der Waals surface area contributed by atoms with E-state index in [1.54, 1.807) is 47.5 Å². The Hall–Kier alpha value is -2.96. The van der Waals surface area contributed by atoms with Crippen LogP contribution in [0.1, 0.15) is 18.4 Å². The SMILES string of the molecule is O=C(NCCc1ccccc1F)C1CCN(C(=O)Nc2ccccn2)CC1. The largest absolute Gasteiger partial charge is 0.356 e. The van der Waals surface area contributed by atoms with E-state index >= 15 is 0 Å². The first-order valence-electron chi connectivity index (χ1n) is 9.11. The first-order valence-corrected chi connectivity index (χ1v) is 9.11. The molecule has 2 aromatic rings. The van der Waals surface area contributed by atoms with E-state index in [1.165, 1.54) is 6.07 Å². The monoisotopic (exact) mass is 370 g/mol. The summed E-state index contributed by atoms with van der Waals surface area (Å²) in [5.41, 5.74) is 0.596. The molecule has 0 unspecified atom stereocenters. The molecule has 6 nitrogen and oxygen atoms in total. The summed E-state index contributed by atoms with van der Waals surface area (Å²) < 4.78 is 13.6. The van der Waals surface area contributed by atoms with Crippen molar-refractivity contribution in [3.8, 4) is 0 Å². The lowest BCUT2D eigenvalue weighted by atomic mass is 9.96. The highest BCUT2D eigenvalue weighted by molar-refractivity contribution is 5.88. The highest BCUT2D eigenvalue weighted by atomic mass is 19.1. The first kappa shape index (κ1) is 18.8. The summed E-state index contributed by atoms with van der Waals surface area (Å²) in [5, 5.41) is 5.63. The van der Waals surface area contributed by atoms with E-state index in [-0.39, 0.29) is 23.7 Å². The van der Waals surface area contributed by atoms with Crippen molar-refractivity contribution in [3.05, 3.63) is 60.0 Å². The van der Waals surface area contributed by atoms with Crippen LogP contribution in [0.25, 0.3) is 0 Å². The van der Waals surface area contributed by atoms with Gasteiger partial charge in [-0.25, -0.2) is 14.2 Å². The summed E-state index contributed by atoms with van der Waals surface area (Å²) in [6.07, 6.45) is 3.31. The number of nitrogens with one attached hydrogen (secondary N) is 2. The molecular weight excluding hydrogens is 347 g/mol. The summed E-state index contributed by atoms with van der Waals surface area (Å²) in [4.78, 5) is 30.3. The van der Waals surface area contributed by atoms with E-state index < -0.39 is 0 Å². The van der Waals surface area contributed by atoms with Crippen LogP contribution in [0.4, 0.5) is 15.0 Å². The summed E-state index contributed by atoms with van der Waals surface area (Å²) in [7, 11) is 0. The molecule has 7 heteroatoms. The predicted molar refractivity (Wildman–Crippen MR) is 101 cm³/mol. The number of likely N-dealkylation sites (tertiary alicyclic amines) is 1. The summed E-state index contributed by atoms with van der Waals surface area (Å²) in [6, 6.07) is 11.7. The third-order valence-corrected chi connectivity index (χ3v) is 4.70. The van der Waals surface area contributed by atoms with Crippen molar-refractivity contribution >= 4 is 17.8 Å². The van der Waals surface area contributed by atoms with Gasteiger partial charge in [0, 0.05) is 31.7 Å². The van der Waals surface area contributed by atoms with Crippen LogP contribution in [0.5, 0.6) is 0 Å². The first-order chi connectivity index (χ1) is 13.1. The Morgan fingerprint density at radius 1 is 1.11 bits per heavy atom. The van der Waals surface area contributed by atoms with Gasteiger partial charge in [-0.3, -0.25) is 10.1 Å². The second kappa shape index (κ2) is 9.12. The Labute approximate surface area is 157 Å². The number of anilines is 1. The van der Waals surface area contributed by atoms with E-state index in [9.17, 15) is 14.0 Å². The van der Waals surface area contributed by atoms with Crippen LogP contribution in [0.2, 0.25) is 0 Å². The number of pyridine rings is 1. The van der Waals surface area contributed by atoms with Gasteiger partial charge in [0.2, 0.25) is 5.91 Å².